The number of nitrogens with zero attached hydrogens (tertiary/aromatic N) is 1. The fraction of sp³-hybridized carbons (Fsp3) is 0.938. The molecule has 1 saturated heterocycles. The summed E-state index contributed by atoms with van der Waals surface area (Å²) in [6.45, 7) is 12.8. The molecule has 1 heterocycles. The Balaban J connectivity index is 2.25. The minimum absolute atomic E-state index is 0.107. The van der Waals surface area contributed by atoms with Gasteiger partial charge in [0.05, 0.1) is 12.0 Å². The predicted octanol–water partition coefficient (Wildman–Crippen LogP) is 4.61. The minimum Gasteiger partial charge on any atom is -0.294 e. The van der Waals surface area contributed by atoms with Crippen molar-refractivity contribution in [2.45, 2.75) is 65.7 Å². The van der Waals surface area contributed by atoms with Crippen LogP contribution in [0.25, 0.3) is 0 Å². The van der Waals surface area contributed by atoms with Crippen LogP contribution in [-0.2, 0) is 0 Å². The van der Waals surface area contributed by atoms with Gasteiger partial charge in [0.25, 0.3) is 5.92 Å². The van der Waals surface area contributed by atoms with Gasteiger partial charge in [-0.3, -0.25) is 4.90 Å². The van der Waals surface area contributed by atoms with E-state index in [2.05, 4.69) is 25.3 Å². The van der Waals surface area contributed by atoms with Crippen LogP contribution in [0.2, 0.25) is 0 Å². The highest BCUT2D eigenvalue weighted by Gasteiger charge is 2.90. The van der Waals surface area contributed by atoms with Crippen LogP contribution in [0.5, 0.6) is 0 Å². The largest absolute Gasteiger partial charge is 0.294 e. The molecule has 2 atom stereocenters. The summed E-state index contributed by atoms with van der Waals surface area (Å²) in [7, 11) is 0. The fourth-order valence-corrected chi connectivity index (χ4v) is 4.94. The summed E-state index contributed by atoms with van der Waals surface area (Å²) < 4.78 is 29.4. The van der Waals surface area contributed by atoms with Gasteiger partial charge in [0, 0.05) is 12.0 Å². The summed E-state index contributed by atoms with van der Waals surface area (Å²) in [6, 6.07) is 0. The molecule has 0 amide bonds. The molecule has 1 spiro atoms. The van der Waals surface area contributed by atoms with E-state index in [4.69, 9.17) is 0 Å². The molecular weight excluding hydrogens is 244 g/mol. The molecule has 110 valence electrons. The van der Waals surface area contributed by atoms with Crippen LogP contribution >= 0.6 is 0 Å². The molecule has 2 unspecified atom stereocenters. The summed E-state index contributed by atoms with van der Waals surface area (Å²) in [5, 5.41) is 0. The lowest BCUT2D eigenvalue weighted by molar-refractivity contribution is -0.00112. The Morgan fingerprint density at radius 1 is 1.16 bits per heavy atom. The van der Waals surface area contributed by atoms with Crippen molar-refractivity contribution in [2.24, 2.45) is 16.7 Å². The molecule has 3 heteroatoms. The number of alkyl halides is 2. The molecule has 2 radical (unpaired) electrons. The highest BCUT2D eigenvalue weighted by molar-refractivity contribution is 5.30. The maximum atomic E-state index is 14.7. The molecule has 1 aliphatic heterocycles. The quantitative estimate of drug-likeness (QED) is 0.706. The van der Waals surface area contributed by atoms with Gasteiger partial charge >= 0.3 is 0 Å². The normalized spacial score (nSPS) is 36.6. The van der Waals surface area contributed by atoms with E-state index < -0.39 is 16.8 Å². The van der Waals surface area contributed by atoms with E-state index in [1.807, 2.05) is 13.8 Å². The van der Waals surface area contributed by atoms with Crippen molar-refractivity contribution in [3.8, 4) is 0 Å². The Labute approximate surface area is 116 Å². The second-order valence-electron chi connectivity index (χ2n) is 6.15. The third-order valence-electron chi connectivity index (χ3n) is 5.95. The number of halogens is 2. The predicted molar refractivity (Wildman–Crippen MR) is 73.9 cm³/mol. The molecule has 2 aliphatic rings. The first-order chi connectivity index (χ1) is 8.97. The van der Waals surface area contributed by atoms with Crippen molar-refractivity contribution in [3.05, 3.63) is 6.54 Å². The Bertz CT molecular complexity index is 325. The second-order valence-corrected chi connectivity index (χ2v) is 6.15. The zero-order chi connectivity index (χ0) is 14.3. The van der Waals surface area contributed by atoms with Crippen molar-refractivity contribution in [1.82, 2.24) is 4.90 Å². The molecule has 0 N–H and O–H groups in total. The molecule has 0 aromatic carbocycles. The van der Waals surface area contributed by atoms with Gasteiger partial charge < -0.3 is 0 Å². The molecule has 0 aromatic heterocycles. The summed E-state index contributed by atoms with van der Waals surface area (Å²) in [5.41, 5.74) is -1.47. The van der Waals surface area contributed by atoms with E-state index >= 15 is 0 Å². The number of likely N-dealkylation sites (tertiary alicyclic amines) is 1. The van der Waals surface area contributed by atoms with Gasteiger partial charge in [-0.1, -0.05) is 34.1 Å². The summed E-state index contributed by atoms with van der Waals surface area (Å²) >= 11 is 0. The van der Waals surface area contributed by atoms with Gasteiger partial charge in [-0.05, 0) is 38.1 Å². The van der Waals surface area contributed by atoms with Crippen LogP contribution < -0.4 is 0 Å². The van der Waals surface area contributed by atoms with Crippen molar-refractivity contribution in [1.29, 1.82) is 0 Å². The van der Waals surface area contributed by atoms with E-state index in [1.54, 1.807) is 0 Å². The minimum atomic E-state index is -2.47. The number of hydrogen-bond acceptors (Lipinski definition) is 1. The Hall–Kier alpha value is -0.180. The number of rotatable bonds is 5. The van der Waals surface area contributed by atoms with Gasteiger partial charge in [-0.25, -0.2) is 8.78 Å². The number of hydrogen-bond donors (Lipinski definition) is 0. The van der Waals surface area contributed by atoms with Crippen molar-refractivity contribution < 1.29 is 8.78 Å². The van der Waals surface area contributed by atoms with Crippen LogP contribution in [0.4, 0.5) is 8.78 Å². The second kappa shape index (κ2) is 4.98. The molecule has 19 heavy (non-hydrogen) atoms. The lowest BCUT2D eigenvalue weighted by Crippen LogP contribution is -2.43. The fourth-order valence-electron chi connectivity index (χ4n) is 4.94. The average molecular weight is 271 g/mol. The van der Waals surface area contributed by atoms with Crippen molar-refractivity contribution in [3.63, 3.8) is 0 Å². The lowest BCUT2D eigenvalue weighted by Gasteiger charge is -2.40. The van der Waals surface area contributed by atoms with E-state index in [0.717, 1.165) is 25.9 Å². The standard InChI is InChI=1S/C16H27F2N/c1-5-10-19-11-9-15(13(6-2)12-19)14(7-3,8-4)16(15,17)18/h13H,5-9,11-12H2,1-4H3. The highest BCUT2D eigenvalue weighted by Crippen LogP contribution is 2.83. The monoisotopic (exact) mass is 271 g/mol. The smallest absolute Gasteiger partial charge is 0.261 e. The maximum Gasteiger partial charge on any atom is 0.261 e. The zero-order valence-electron chi connectivity index (χ0n) is 12.7. The van der Waals surface area contributed by atoms with Crippen LogP contribution in [0.1, 0.15) is 59.8 Å². The topological polar surface area (TPSA) is 3.24 Å². The average Bonchev–Trinajstić information content (AvgIpc) is 2.83. The van der Waals surface area contributed by atoms with E-state index in [9.17, 15) is 8.78 Å². The molecule has 0 aromatic rings. The Morgan fingerprint density at radius 2 is 1.79 bits per heavy atom. The van der Waals surface area contributed by atoms with E-state index in [1.165, 1.54) is 0 Å². The van der Waals surface area contributed by atoms with Gasteiger partial charge in [-0.15, -0.1) is 0 Å². The first-order valence-electron chi connectivity index (χ1n) is 7.83. The Kier molecular flexibility index (Phi) is 3.99. The van der Waals surface area contributed by atoms with Crippen molar-refractivity contribution >= 4 is 0 Å². The van der Waals surface area contributed by atoms with Gasteiger partial charge in [-0.2, -0.15) is 0 Å². The van der Waals surface area contributed by atoms with Crippen molar-refractivity contribution in [2.75, 3.05) is 13.1 Å². The molecular formula is C16H27F2N. The van der Waals surface area contributed by atoms with Gasteiger partial charge in [0.2, 0.25) is 0 Å². The van der Waals surface area contributed by atoms with Gasteiger partial charge in [0.1, 0.15) is 0 Å². The van der Waals surface area contributed by atoms with Crippen LogP contribution in [0.3, 0.4) is 0 Å². The number of piperidine rings is 1. The lowest BCUT2D eigenvalue weighted by atomic mass is 9.73. The SMILES string of the molecule is CC[C]N1CCC2(C(CC)C1)C(F)(F)C2(CC)CC. The third-order valence-corrected chi connectivity index (χ3v) is 5.95. The molecule has 1 aliphatic carbocycles. The van der Waals surface area contributed by atoms with E-state index in [-0.39, 0.29) is 5.92 Å². The first kappa shape index (κ1) is 15.2. The maximum absolute atomic E-state index is 14.7. The van der Waals surface area contributed by atoms with E-state index in [0.29, 0.717) is 19.3 Å². The molecule has 1 nitrogen and oxygen atoms in total. The third kappa shape index (κ3) is 1.66. The van der Waals surface area contributed by atoms with Crippen LogP contribution in [0, 0.1) is 23.3 Å². The van der Waals surface area contributed by atoms with Gasteiger partial charge in [0.15, 0.2) is 0 Å². The molecule has 0 bridgehead atoms. The first-order valence-corrected chi connectivity index (χ1v) is 7.83. The molecule has 1 saturated carbocycles. The molecule has 2 fully saturated rings. The van der Waals surface area contributed by atoms with Crippen LogP contribution in [-0.4, -0.2) is 23.9 Å². The summed E-state index contributed by atoms with van der Waals surface area (Å²) in [4.78, 5) is 2.14. The highest BCUT2D eigenvalue weighted by atomic mass is 19.3. The van der Waals surface area contributed by atoms with Crippen LogP contribution in [0.15, 0.2) is 0 Å². The molecule has 2 rings (SSSR count). The zero-order valence-corrected chi connectivity index (χ0v) is 12.7. The summed E-state index contributed by atoms with van der Waals surface area (Å²) in [5.74, 6) is -2.36. The summed E-state index contributed by atoms with van der Waals surface area (Å²) in [6.07, 6.45) is 3.56. The Morgan fingerprint density at radius 3 is 2.21 bits per heavy atom.